The quantitative estimate of drug-likeness (QED) is 0.799. The standard InChI is InChI=1S/C15H13N5OS/c1-10-13(14(21)19-8-11-2-4-16-5-3-11)22-15(20-10)12-9-17-6-7-18-12/h2-7,9H,8H2,1H3,(H,19,21). The second kappa shape index (κ2) is 6.40. The van der Waals surface area contributed by atoms with Gasteiger partial charge in [-0.3, -0.25) is 19.7 Å². The maximum absolute atomic E-state index is 12.3. The van der Waals surface area contributed by atoms with Crippen molar-refractivity contribution in [3.05, 3.63) is 59.3 Å². The third-order valence-corrected chi connectivity index (χ3v) is 4.17. The zero-order valence-corrected chi connectivity index (χ0v) is 12.7. The van der Waals surface area contributed by atoms with E-state index in [4.69, 9.17) is 0 Å². The molecule has 110 valence electrons. The van der Waals surface area contributed by atoms with Crippen LogP contribution >= 0.6 is 11.3 Å². The molecule has 0 unspecified atom stereocenters. The highest BCUT2D eigenvalue weighted by Gasteiger charge is 2.16. The van der Waals surface area contributed by atoms with Gasteiger partial charge >= 0.3 is 0 Å². The fourth-order valence-electron chi connectivity index (χ4n) is 1.89. The van der Waals surface area contributed by atoms with Gasteiger partial charge in [0, 0.05) is 31.3 Å². The van der Waals surface area contributed by atoms with Crippen LogP contribution in [0.4, 0.5) is 0 Å². The van der Waals surface area contributed by atoms with E-state index in [9.17, 15) is 4.79 Å². The van der Waals surface area contributed by atoms with E-state index in [2.05, 4.69) is 25.3 Å². The Kier molecular flexibility index (Phi) is 4.15. The Balaban J connectivity index is 1.74. The average molecular weight is 311 g/mol. The number of aryl methyl sites for hydroxylation is 1. The van der Waals surface area contributed by atoms with E-state index in [1.807, 2.05) is 19.1 Å². The number of hydrogen-bond acceptors (Lipinski definition) is 6. The molecule has 22 heavy (non-hydrogen) atoms. The van der Waals surface area contributed by atoms with Gasteiger partial charge in [0.2, 0.25) is 0 Å². The molecule has 0 bridgehead atoms. The van der Waals surface area contributed by atoms with Gasteiger partial charge in [-0.2, -0.15) is 0 Å². The minimum Gasteiger partial charge on any atom is -0.347 e. The van der Waals surface area contributed by atoms with Crippen LogP contribution in [0.5, 0.6) is 0 Å². The number of carbonyl (C=O) groups excluding carboxylic acids is 1. The Morgan fingerprint density at radius 2 is 2.00 bits per heavy atom. The Morgan fingerprint density at radius 3 is 2.73 bits per heavy atom. The largest absolute Gasteiger partial charge is 0.347 e. The van der Waals surface area contributed by atoms with Crippen LogP contribution < -0.4 is 5.32 Å². The van der Waals surface area contributed by atoms with Crippen molar-refractivity contribution in [1.29, 1.82) is 0 Å². The van der Waals surface area contributed by atoms with Crippen LogP contribution in [0.25, 0.3) is 10.7 Å². The molecule has 6 nitrogen and oxygen atoms in total. The number of aromatic nitrogens is 4. The highest BCUT2D eigenvalue weighted by Crippen LogP contribution is 2.25. The molecule has 0 fully saturated rings. The number of rotatable bonds is 4. The molecule has 0 aliphatic heterocycles. The van der Waals surface area contributed by atoms with Crippen LogP contribution in [0.2, 0.25) is 0 Å². The first kappa shape index (κ1) is 14.3. The number of hydrogen-bond donors (Lipinski definition) is 1. The summed E-state index contributed by atoms with van der Waals surface area (Å²) in [6, 6.07) is 3.73. The Hall–Kier alpha value is -2.67. The monoisotopic (exact) mass is 311 g/mol. The average Bonchev–Trinajstić information content (AvgIpc) is 2.96. The van der Waals surface area contributed by atoms with Crippen molar-refractivity contribution in [2.75, 3.05) is 0 Å². The smallest absolute Gasteiger partial charge is 0.263 e. The van der Waals surface area contributed by atoms with Crippen LogP contribution in [-0.2, 0) is 6.54 Å². The number of nitrogens with one attached hydrogen (secondary N) is 1. The van der Waals surface area contributed by atoms with Crippen molar-refractivity contribution in [1.82, 2.24) is 25.3 Å². The summed E-state index contributed by atoms with van der Waals surface area (Å²) in [5.74, 6) is -0.137. The van der Waals surface area contributed by atoms with Crippen molar-refractivity contribution in [2.24, 2.45) is 0 Å². The predicted molar refractivity (Wildman–Crippen MR) is 83.3 cm³/mol. The zero-order valence-electron chi connectivity index (χ0n) is 11.9. The minimum absolute atomic E-state index is 0.137. The molecule has 0 saturated heterocycles. The van der Waals surface area contributed by atoms with Crippen LogP contribution in [0.1, 0.15) is 20.9 Å². The fraction of sp³-hybridized carbons (Fsp3) is 0.133. The number of amides is 1. The summed E-state index contributed by atoms with van der Waals surface area (Å²) in [5.41, 5.74) is 2.36. The molecule has 0 saturated carbocycles. The second-order valence-corrected chi connectivity index (χ2v) is 5.56. The lowest BCUT2D eigenvalue weighted by Crippen LogP contribution is -2.22. The molecule has 1 amide bonds. The molecule has 0 aliphatic rings. The first-order chi connectivity index (χ1) is 10.7. The maximum atomic E-state index is 12.3. The van der Waals surface area contributed by atoms with Gasteiger partial charge in [0.15, 0.2) is 0 Å². The molecule has 0 aliphatic carbocycles. The van der Waals surface area contributed by atoms with Crippen LogP contribution in [0.15, 0.2) is 43.1 Å². The van der Waals surface area contributed by atoms with Crippen molar-refractivity contribution in [2.45, 2.75) is 13.5 Å². The zero-order chi connectivity index (χ0) is 15.4. The first-order valence-electron chi connectivity index (χ1n) is 6.65. The van der Waals surface area contributed by atoms with Crippen molar-refractivity contribution in [3.8, 4) is 10.7 Å². The van der Waals surface area contributed by atoms with Gasteiger partial charge in [-0.15, -0.1) is 11.3 Å². The van der Waals surface area contributed by atoms with E-state index in [-0.39, 0.29) is 5.91 Å². The van der Waals surface area contributed by atoms with Crippen LogP contribution in [0.3, 0.4) is 0 Å². The fourth-order valence-corrected chi connectivity index (χ4v) is 2.83. The summed E-state index contributed by atoms with van der Waals surface area (Å²) in [6.07, 6.45) is 8.25. The topological polar surface area (TPSA) is 80.7 Å². The van der Waals surface area contributed by atoms with E-state index >= 15 is 0 Å². The van der Waals surface area contributed by atoms with Crippen molar-refractivity contribution >= 4 is 17.2 Å². The molecule has 7 heteroatoms. The van der Waals surface area contributed by atoms with Crippen molar-refractivity contribution < 1.29 is 4.79 Å². The summed E-state index contributed by atoms with van der Waals surface area (Å²) in [5, 5.41) is 3.58. The van der Waals surface area contributed by atoms with Crippen molar-refractivity contribution in [3.63, 3.8) is 0 Å². The minimum atomic E-state index is -0.137. The van der Waals surface area contributed by atoms with Crippen LogP contribution in [0, 0.1) is 6.92 Å². The molecule has 1 N–H and O–H groups in total. The van der Waals surface area contributed by atoms with Gasteiger partial charge in [-0.25, -0.2) is 4.98 Å². The van der Waals surface area contributed by atoms with Crippen LogP contribution in [-0.4, -0.2) is 25.8 Å². The predicted octanol–water partition coefficient (Wildman–Crippen LogP) is 2.23. The summed E-state index contributed by atoms with van der Waals surface area (Å²) < 4.78 is 0. The number of pyridine rings is 1. The van der Waals surface area contributed by atoms with Gasteiger partial charge in [0.1, 0.15) is 15.6 Å². The number of thiazole rings is 1. The van der Waals surface area contributed by atoms with E-state index < -0.39 is 0 Å². The Morgan fingerprint density at radius 1 is 1.18 bits per heavy atom. The second-order valence-electron chi connectivity index (χ2n) is 4.56. The third kappa shape index (κ3) is 3.15. The Labute approximate surface area is 131 Å². The molecule has 3 heterocycles. The molecule has 0 spiro atoms. The van der Waals surface area contributed by atoms with E-state index in [1.165, 1.54) is 11.3 Å². The van der Waals surface area contributed by atoms with Gasteiger partial charge < -0.3 is 5.32 Å². The van der Waals surface area contributed by atoms with E-state index in [0.717, 1.165) is 5.56 Å². The molecule has 0 radical (unpaired) electrons. The summed E-state index contributed by atoms with van der Waals surface area (Å²) in [7, 11) is 0. The van der Waals surface area contributed by atoms with Gasteiger partial charge in [-0.05, 0) is 24.6 Å². The molecule has 0 atom stereocenters. The highest BCUT2D eigenvalue weighted by atomic mass is 32.1. The highest BCUT2D eigenvalue weighted by molar-refractivity contribution is 7.17. The Bertz CT molecular complexity index is 773. The summed E-state index contributed by atoms with van der Waals surface area (Å²) >= 11 is 1.32. The first-order valence-corrected chi connectivity index (χ1v) is 7.46. The molecule has 3 aromatic heterocycles. The number of carbonyl (C=O) groups is 1. The normalized spacial score (nSPS) is 10.4. The molecule has 3 rings (SSSR count). The molecular weight excluding hydrogens is 298 g/mol. The van der Waals surface area contributed by atoms with Gasteiger partial charge in [0.25, 0.3) is 5.91 Å². The van der Waals surface area contributed by atoms with E-state index in [0.29, 0.717) is 27.8 Å². The van der Waals surface area contributed by atoms with Gasteiger partial charge in [-0.1, -0.05) is 0 Å². The molecule has 0 aromatic carbocycles. The lowest BCUT2D eigenvalue weighted by molar-refractivity contribution is 0.0954. The molecule has 3 aromatic rings. The summed E-state index contributed by atoms with van der Waals surface area (Å²) in [4.78, 5) is 29.5. The SMILES string of the molecule is Cc1nc(-c2cnccn2)sc1C(=O)NCc1ccncc1. The third-order valence-electron chi connectivity index (χ3n) is 2.99. The molecular formula is C15H13N5OS. The maximum Gasteiger partial charge on any atom is 0.263 e. The van der Waals surface area contributed by atoms with E-state index in [1.54, 1.807) is 31.0 Å². The summed E-state index contributed by atoms with van der Waals surface area (Å²) in [6.45, 7) is 2.27. The lowest BCUT2D eigenvalue weighted by Gasteiger charge is -2.03. The lowest BCUT2D eigenvalue weighted by atomic mass is 10.2. The van der Waals surface area contributed by atoms with Gasteiger partial charge in [0.05, 0.1) is 11.9 Å². The number of nitrogens with zero attached hydrogens (tertiary/aromatic N) is 4.